The van der Waals surface area contributed by atoms with Gasteiger partial charge in [0.25, 0.3) is 0 Å². The van der Waals surface area contributed by atoms with E-state index >= 15 is 0 Å². The Morgan fingerprint density at radius 3 is 2.75 bits per heavy atom. The Labute approximate surface area is 72.0 Å². The molecule has 1 aliphatic carbocycles. The molecule has 2 fully saturated rings. The minimum Gasteiger partial charge on any atom is -0.316 e. The third-order valence-corrected chi connectivity index (χ3v) is 3.12. The van der Waals surface area contributed by atoms with Gasteiger partial charge in [-0.1, -0.05) is 6.07 Å². The van der Waals surface area contributed by atoms with Crippen LogP contribution < -0.4 is 5.32 Å². The van der Waals surface area contributed by atoms with Crippen LogP contribution in [0.25, 0.3) is 0 Å². The average Bonchev–Trinajstić information content (AvgIpc) is 2.62. The lowest BCUT2D eigenvalue weighted by Crippen LogP contribution is -2.14. The SMILES string of the molecule is c1ccc(C2[C@H]3CNC[C@@H]23)nc1. The van der Waals surface area contributed by atoms with E-state index in [2.05, 4.69) is 22.4 Å². The maximum atomic E-state index is 4.40. The predicted molar refractivity (Wildman–Crippen MR) is 46.8 cm³/mol. The van der Waals surface area contributed by atoms with E-state index < -0.39 is 0 Å². The third-order valence-electron chi connectivity index (χ3n) is 3.12. The summed E-state index contributed by atoms with van der Waals surface area (Å²) in [5.74, 6) is 2.55. The smallest absolute Gasteiger partial charge is 0.0441 e. The minimum atomic E-state index is 0.771. The van der Waals surface area contributed by atoms with E-state index in [0.717, 1.165) is 17.8 Å². The molecule has 2 heteroatoms. The van der Waals surface area contributed by atoms with E-state index in [9.17, 15) is 0 Å². The van der Waals surface area contributed by atoms with Crippen molar-refractivity contribution < 1.29 is 0 Å². The standard InChI is InChI=1S/C10H12N2/c1-2-4-12-9(3-1)10-7-5-11-6-8(7)10/h1-4,7-8,10-11H,5-6H2/t7-,8+,10?. The zero-order chi connectivity index (χ0) is 7.97. The summed E-state index contributed by atoms with van der Waals surface area (Å²) >= 11 is 0. The monoisotopic (exact) mass is 160 g/mol. The largest absolute Gasteiger partial charge is 0.316 e. The van der Waals surface area contributed by atoms with Gasteiger partial charge in [-0.25, -0.2) is 0 Å². The van der Waals surface area contributed by atoms with Gasteiger partial charge in [0.05, 0.1) is 0 Å². The molecule has 0 radical (unpaired) electrons. The normalized spacial score (nSPS) is 37.8. The van der Waals surface area contributed by atoms with Crippen molar-refractivity contribution >= 4 is 0 Å². The van der Waals surface area contributed by atoms with Crippen LogP contribution >= 0.6 is 0 Å². The summed E-state index contributed by atoms with van der Waals surface area (Å²) in [6.07, 6.45) is 1.90. The summed E-state index contributed by atoms with van der Waals surface area (Å²) in [7, 11) is 0. The van der Waals surface area contributed by atoms with Gasteiger partial charge in [-0.2, -0.15) is 0 Å². The fraction of sp³-hybridized carbons (Fsp3) is 0.500. The second kappa shape index (κ2) is 2.30. The molecular weight excluding hydrogens is 148 g/mol. The molecule has 2 heterocycles. The Hall–Kier alpha value is -0.890. The van der Waals surface area contributed by atoms with E-state index in [-0.39, 0.29) is 0 Å². The van der Waals surface area contributed by atoms with E-state index in [1.165, 1.54) is 18.8 Å². The van der Waals surface area contributed by atoms with Crippen molar-refractivity contribution in [2.24, 2.45) is 11.8 Å². The molecule has 3 atom stereocenters. The van der Waals surface area contributed by atoms with Gasteiger partial charge < -0.3 is 5.32 Å². The van der Waals surface area contributed by atoms with Crippen molar-refractivity contribution in [2.75, 3.05) is 13.1 Å². The first kappa shape index (κ1) is 6.61. The number of fused-ring (bicyclic) bond motifs is 1. The summed E-state index contributed by atoms with van der Waals surface area (Å²) < 4.78 is 0. The van der Waals surface area contributed by atoms with Crippen molar-refractivity contribution in [1.82, 2.24) is 10.3 Å². The van der Waals surface area contributed by atoms with Crippen molar-refractivity contribution in [3.05, 3.63) is 30.1 Å². The van der Waals surface area contributed by atoms with Crippen molar-refractivity contribution in [3.8, 4) is 0 Å². The highest BCUT2D eigenvalue weighted by molar-refractivity contribution is 5.24. The Kier molecular flexibility index (Phi) is 1.27. The molecule has 1 unspecified atom stereocenters. The maximum Gasteiger partial charge on any atom is 0.0441 e. The molecule has 0 bridgehead atoms. The van der Waals surface area contributed by atoms with Crippen LogP contribution in [0.4, 0.5) is 0 Å². The summed E-state index contributed by atoms with van der Waals surface area (Å²) in [6.45, 7) is 2.40. The molecule has 1 aromatic heterocycles. The second-order valence-electron chi connectivity index (χ2n) is 3.77. The van der Waals surface area contributed by atoms with Crippen LogP contribution in [0, 0.1) is 11.8 Å². The topological polar surface area (TPSA) is 24.9 Å². The quantitative estimate of drug-likeness (QED) is 0.663. The Balaban J connectivity index is 1.85. The van der Waals surface area contributed by atoms with Crippen molar-refractivity contribution in [1.29, 1.82) is 0 Å². The molecule has 0 aromatic carbocycles. The first-order valence-electron chi connectivity index (χ1n) is 4.58. The van der Waals surface area contributed by atoms with Crippen LogP contribution in [0.3, 0.4) is 0 Å². The van der Waals surface area contributed by atoms with Crippen molar-refractivity contribution in [3.63, 3.8) is 0 Å². The molecule has 12 heavy (non-hydrogen) atoms. The number of hydrogen-bond donors (Lipinski definition) is 1. The van der Waals surface area contributed by atoms with Crippen LogP contribution in [-0.2, 0) is 0 Å². The van der Waals surface area contributed by atoms with Gasteiger partial charge in [-0.05, 0) is 37.1 Å². The van der Waals surface area contributed by atoms with E-state index in [1.54, 1.807) is 0 Å². The number of nitrogens with zero attached hydrogens (tertiary/aromatic N) is 1. The van der Waals surface area contributed by atoms with E-state index in [4.69, 9.17) is 0 Å². The highest BCUT2D eigenvalue weighted by Crippen LogP contribution is 2.54. The fourth-order valence-corrected chi connectivity index (χ4v) is 2.43. The van der Waals surface area contributed by atoms with Gasteiger partial charge in [0.15, 0.2) is 0 Å². The molecule has 1 saturated carbocycles. The fourth-order valence-electron chi connectivity index (χ4n) is 2.43. The first-order valence-corrected chi connectivity index (χ1v) is 4.58. The predicted octanol–water partition coefficient (Wildman–Crippen LogP) is 1.01. The molecule has 62 valence electrons. The summed E-state index contributed by atoms with van der Waals surface area (Å²) in [4.78, 5) is 4.40. The summed E-state index contributed by atoms with van der Waals surface area (Å²) in [5.41, 5.74) is 1.30. The van der Waals surface area contributed by atoms with E-state index in [1.807, 2.05) is 12.3 Å². The molecule has 3 rings (SSSR count). The Morgan fingerprint density at radius 2 is 2.08 bits per heavy atom. The zero-order valence-electron chi connectivity index (χ0n) is 6.90. The number of aromatic nitrogens is 1. The molecular formula is C10H12N2. The van der Waals surface area contributed by atoms with Crippen LogP contribution in [0.2, 0.25) is 0 Å². The van der Waals surface area contributed by atoms with E-state index in [0.29, 0.717) is 0 Å². The molecule has 1 aliphatic heterocycles. The number of rotatable bonds is 1. The number of pyridine rings is 1. The van der Waals surface area contributed by atoms with Gasteiger partial charge in [-0.3, -0.25) is 4.98 Å². The molecule has 1 N–H and O–H groups in total. The highest BCUT2D eigenvalue weighted by atomic mass is 15.0. The zero-order valence-corrected chi connectivity index (χ0v) is 6.90. The molecule has 1 aromatic rings. The van der Waals surface area contributed by atoms with Gasteiger partial charge in [-0.15, -0.1) is 0 Å². The molecule has 1 saturated heterocycles. The highest BCUT2D eigenvalue weighted by Gasteiger charge is 2.54. The van der Waals surface area contributed by atoms with Gasteiger partial charge in [0.1, 0.15) is 0 Å². The maximum absolute atomic E-state index is 4.40. The van der Waals surface area contributed by atoms with Crippen LogP contribution in [0.5, 0.6) is 0 Å². The minimum absolute atomic E-state index is 0.771. The number of hydrogen-bond acceptors (Lipinski definition) is 2. The second-order valence-corrected chi connectivity index (χ2v) is 3.77. The molecule has 2 nitrogen and oxygen atoms in total. The molecule has 0 amide bonds. The summed E-state index contributed by atoms with van der Waals surface area (Å²) in [6, 6.07) is 6.23. The molecule has 2 aliphatic rings. The average molecular weight is 160 g/mol. The van der Waals surface area contributed by atoms with Gasteiger partial charge in [0, 0.05) is 17.8 Å². The lowest BCUT2D eigenvalue weighted by atomic mass is 10.2. The molecule has 0 spiro atoms. The van der Waals surface area contributed by atoms with Crippen LogP contribution in [0.1, 0.15) is 11.6 Å². The van der Waals surface area contributed by atoms with Gasteiger partial charge in [0.2, 0.25) is 0 Å². The lowest BCUT2D eigenvalue weighted by Gasteiger charge is -2.02. The van der Waals surface area contributed by atoms with Crippen LogP contribution in [-0.4, -0.2) is 18.1 Å². The Bertz CT molecular complexity index is 273. The van der Waals surface area contributed by atoms with Crippen LogP contribution in [0.15, 0.2) is 24.4 Å². The summed E-state index contributed by atoms with van der Waals surface area (Å²) in [5, 5.41) is 3.39. The number of piperidine rings is 1. The van der Waals surface area contributed by atoms with Crippen molar-refractivity contribution in [2.45, 2.75) is 5.92 Å². The number of nitrogens with one attached hydrogen (secondary N) is 1. The van der Waals surface area contributed by atoms with Gasteiger partial charge >= 0.3 is 0 Å². The first-order chi connectivity index (χ1) is 5.97. The third kappa shape index (κ3) is 0.815. The lowest BCUT2D eigenvalue weighted by molar-refractivity contribution is 0.675. The Morgan fingerprint density at radius 1 is 1.25 bits per heavy atom.